The topological polar surface area (TPSA) is 20.3 Å². The zero-order valence-electron chi connectivity index (χ0n) is 10.1. The summed E-state index contributed by atoms with van der Waals surface area (Å²) in [5, 5.41) is 0. The maximum Gasteiger partial charge on any atom is 0.229 e. The van der Waals surface area contributed by atoms with Gasteiger partial charge in [0.25, 0.3) is 0 Å². The van der Waals surface area contributed by atoms with Crippen LogP contribution in [0.5, 0.6) is 0 Å². The minimum Gasteiger partial charge on any atom is -0.312 e. The number of rotatable bonds is 2. The van der Waals surface area contributed by atoms with E-state index in [4.69, 9.17) is 0 Å². The second-order valence-electron chi connectivity index (χ2n) is 4.55. The molecule has 1 amide bonds. The number of hydrogen-bond acceptors (Lipinski definition) is 1. The monoisotopic (exact) mass is 217 g/mol. The number of likely N-dealkylation sites (tertiary alicyclic amines) is 1. The number of carbonyl (C=O) groups excluding carboxylic acids is 1. The van der Waals surface area contributed by atoms with E-state index in [1.54, 1.807) is 0 Å². The smallest absolute Gasteiger partial charge is 0.229 e. The van der Waals surface area contributed by atoms with Gasteiger partial charge in [0.15, 0.2) is 0 Å². The highest BCUT2D eigenvalue weighted by atomic mass is 16.2. The van der Waals surface area contributed by atoms with E-state index in [0.717, 1.165) is 31.5 Å². The Hall–Kier alpha value is -1.31. The molecule has 1 fully saturated rings. The van der Waals surface area contributed by atoms with Crippen molar-refractivity contribution >= 4 is 5.91 Å². The van der Waals surface area contributed by atoms with Crippen molar-refractivity contribution in [1.29, 1.82) is 0 Å². The molecule has 1 saturated heterocycles. The van der Waals surface area contributed by atoms with Crippen molar-refractivity contribution in [3.8, 4) is 0 Å². The normalized spacial score (nSPS) is 25.5. The van der Waals surface area contributed by atoms with Gasteiger partial charge in [-0.25, -0.2) is 0 Å². The second kappa shape index (κ2) is 4.69. The highest BCUT2D eigenvalue weighted by Gasteiger charge is 2.29. The fourth-order valence-corrected chi connectivity index (χ4v) is 2.20. The molecule has 0 saturated carbocycles. The molecule has 2 heteroatoms. The summed E-state index contributed by atoms with van der Waals surface area (Å²) in [5.74, 6) is 0.465. The summed E-state index contributed by atoms with van der Waals surface area (Å²) in [7, 11) is 0. The number of amides is 1. The summed E-state index contributed by atoms with van der Waals surface area (Å²) in [6, 6.07) is 0. The lowest BCUT2D eigenvalue weighted by Gasteiger charge is -2.17. The van der Waals surface area contributed by atoms with E-state index in [9.17, 15) is 4.79 Å². The van der Waals surface area contributed by atoms with Crippen molar-refractivity contribution in [1.82, 2.24) is 4.90 Å². The fourth-order valence-electron chi connectivity index (χ4n) is 2.20. The zero-order valence-corrected chi connectivity index (χ0v) is 10.1. The van der Waals surface area contributed by atoms with E-state index in [0.29, 0.717) is 0 Å². The molecule has 1 heterocycles. The lowest BCUT2D eigenvalue weighted by Crippen LogP contribution is -2.25. The molecule has 0 N–H and O–H groups in total. The standard InChI is InChI=1S/C14H19NO/c1-3-12-5-4-6-13(8-7-12)15-10-9-11(2)14(15)16/h4-6,8,11H,3,7,9-10H2,1-2H3. The Morgan fingerprint density at radius 1 is 1.50 bits per heavy atom. The Morgan fingerprint density at radius 3 is 2.94 bits per heavy atom. The molecule has 1 unspecified atom stereocenters. The molecule has 0 bridgehead atoms. The average Bonchev–Trinajstić information content (AvgIpc) is 2.55. The first-order valence-electron chi connectivity index (χ1n) is 6.10. The molecule has 0 spiro atoms. The molecule has 2 aliphatic rings. The summed E-state index contributed by atoms with van der Waals surface area (Å²) in [6.45, 7) is 5.05. The minimum atomic E-state index is 0.191. The molecule has 2 nitrogen and oxygen atoms in total. The summed E-state index contributed by atoms with van der Waals surface area (Å²) in [4.78, 5) is 13.8. The van der Waals surface area contributed by atoms with Crippen molar-refractivity contribution in [2.24, 2.45) is 5.92 Å². The quantitative estimate of drug-likeness (QED) is 0.696. The van der Waals surface area contributed by atoms with E-state index in [-0.39, 0.29) is 11.8 Å². The largest absolute Gasteiger partial charge is 0.312 e. The van der Waals surface area contributed by atoms with Gasteiger partial charge in [0.2, 0.25) is 5.91 Å². The molecule has 0 radical (unpaired) electrons. The molecule has 1 atom stereocenters. The molecule has 0 aromatic heterocycles. The molecular formula is C14H19NO. The Bertz CT molecular complexity index is 376. The molecule has 0 aromatic carbocycles. The van der Waals surface area contributed by atoms with Crippen LogP contribution in [-0.4, -0.2) is 17.4 Å². The predicted octanol–water partition coefficient (Wildman–Crippen LogP) is 3.04. The maximum absolute atomic E-state index is 11.9. The number of carbonyl (C=O) groups is 1. The van der Waals surface area contributed by atoms with E-state index < -0.39 is 0 Å². The van der Waals surface area contributed by atoms with Crippen molar-refractivity contribution in [2.75, 3.05) is 6.54 Å². The molecule has 2 rings (SSSR count). The van der Waals surface area contributed by atoms with Crippen LogP contribution in [0.1, 0.15) is 33.1 Å². The highest BCUT2D eigenvalue weighted by Crippen LogP contribution is 2.24. The van der Waals surface area contributed by atoms with Crippen molar-refractivity contribution in [3.05, 3.63) is 35.6 Å². The Balaban J connectivity index is 2.13. The molecule has 0 aromatic rings. The first kappa shape index (κ1) is 11.2. The van der Waals surface area contributed by atoms with E-state index in [2.05, 4.69) is 31.2 Å². The summed E-state index contributed by atoms with van der Waals surface area (Å²) in [6.07, 6.45) is 11.5. The molecule has 1 aliphatic heterocycles. The van der Waals surface area contributed by atoms with E-state index in [1.807, 2.05) is 11.8 Å². The van der Waals surface area contributed by atoms with Gasteiger partial charge < -0.3 is 4.90 Å². The van der Waals surface area contributed by atoms with Crippen LogP contribution in [-0.2, 0) is 4.79 Å². The van der Waals surface area contributed by atoms with Gasteiger partial charge in [-0.1, -0.05) is 37.6 Å². The number of hydrogen-bond donors (Lipinski definition) is 0. The summed E-state index contributed by atoms with van der Waals surface area (Å²) < 4.78 is 0. The van der Waals surface area contributed by atoms with Crippen LogP contribution in [0.2, 0.25) is 0 Å². The van der Waals surface area contributed by atoms with Gasteiger partial charge >= 0.3 is 0 Å². The number of allylic oxidation sites excluding steroid dienone is 5. The van der Waals surface area contributed by atoms with Crippen LogP contribution in [0.25, 0.3) is 0 Å². The van der Waals surface area contributed by atoms with E-state index in [1.165, 1.54) is 5.57 Å². The van der Waals surface area contributed by atoms with E-state index >= 15 is 0 Å². The van der Waals surface area contributed by atoms with Crippen LogP contribution in [0.15, 0.2) is 35.6 Å². The van der Waals surface area contributed by atoms with Crippen molar-refractivity contribution in [2.45, 2.75) is 33.1 Å². The van der Waals surface area contributed by atoms with Crippen molar-refractivity contribution in [3.63, 3.8) is 0 Å². The summed E-state index contributed by atoms with van der Waals surface area (Å²) in [5.41, 5.74) is 2.50. The van der Waals surface area contributed by atoms with Gasteiger partial charge in [-0.15, -0.1) is 0 Å². The first-order valence-corrected chi connectivity index (χ1v) is 6.10. The van der Waals surface area contributed by atoms with Crippen LogP contribution >= 0.6 is 0 Å². The van der Waals surface area contributed by atoms with Gasteiger partial charge in [0, 0.05) is 18.2 Å². The SMILES string of the molecule is CCC1=CC=CC(N2CCC(C)C2=O)=CC1. The fraction of sp³-hybridized carbons (Fsp3) is 0.500. The van der Waals surface area contributed by atoms with Gasteiger partial charge in [0.05, 0.1) is 0 Å². The highest BCUT2D eigenvalue weighted by molar-refractivity contribution is 5.82. The van der Waals surface area contributed by atoms with Gasteiger partial charge in [-0.3, -0.25) is 4.79 Å². The average molecular weight is 217 g/mol. The molecule has 86 valence electrons. The summed E-state index contributed by atoms with van der Waals surface area (Å²) >= 11 is 0. The number of nitrogens with zero attached hydrogens (tertiary/aromatic N) is 1. The lowest BCUT2D eigenvalue weighted by atomic mass is 10.1. The van der Waals surface area contributed by atoms with Crippen molar-refractivity contribution < 1.29 is 4.79 Å². The van der Waals surface area contributed by atoms with Crippen LogP contribution < -0.4 is 0 Å². The molecule has 1 aliphatic carbocycles. The van der Waals surface area contributed by atoms with Crippen LogP contribution in [0, 0.1) is 5.92 Å². The third-order valence-electron chi connectivity index (χ3n) is 3.41. The lowest BCUT2D eigenvalue weighted by molar-refractivity contribution is -0.128. The Kier molecular flexibility index (Phi) is 3.28. The van der Waals surface area contributed by atoms with Crippen LogP contribution in [0.4, 0.5) is 0 Å². The van der Waals surface area contributed by atoms with Gasteiger partial charge in [-0.2, -0.15) is 0 Å². The third-order valence-corrected chi connectivity index (χ3v) is 3.41. The maximum atomic E-state index is 11.9. The molecule has 16 heavy (non-hydrogen) atoms. The van der Waals surface area contributed by atoms with Crippen LogP contribution in [0.3, 0.4) is 0 Å². The van der Waals surface area contributed by atoms with Gasteiger partial charge in [0.1, 0.15) is 0 Å². The second-order valence-corrected chi connectivity index (χ2v) is 4.55. The molecular weight excluding hydrogens is 198 g/mol. The Morgan fingerprint density at radius 2 is 2.31 bits per heavy atom. The predicted molar refractivity (Wildman–Crippen MR) is 65.7 cm³/mol. The zero-order chi connectivity index (χ0) is 11.5. The van der Waals surface area contributed by atoms with Gasteiger partial charge in [-0.05, 0) is 25.3 Å². The minimum absolute atomic E-state index is 0.191. The Labute approximate surface area is 97.3 Å². The first-order chi connectivity index (χ1) is 7.72. The third kappa shape index (κ3) is 2.11.